The summed E-state index contributed by atoms with van der Waals surface area (Å²) in [4.78, 5) is 0. The number of hydrogen-bond donors (Lipinski definition) is 0. The van der Waals surface area contributed by atoms with Crippen LogP contribution in [-0.4, -0.2) is 16.9 Å². The summed E-state index contributed by atoms with van der Waals surface area (Å²) >= 11 is 0. The van der Waals surface area contributed by atoms with Crippen LogP contribution >= 0.6 is 0 Å². The summed E-state index contributed by atoms with van der Waals surface area (Å²) in [6.07, 6.45) is 1.95. The average Bonchev–Trinajstić information content (AvgIpc) is 3.01. The maximum absolute atomic E-state index is 6.26. The van der Waals surface area contributed by atoms with Crippen molar-refractivity contribution in [3.63, 3.8) is 0 Å². The lowest BCUT2D eigenvalue weighted by molar-refractivity contribution is -0.0291. The Morgan fingerprint density at radius 2 is 1.83 bits per heavy atom. The quantitative estimate of drug-likeness (QED) is 0.827. The third-order valence-electron chi connectivity index (χ3n) is 4.56. The molecule has 2 atom stereocenters. The number of nitrogens with zero attached hydrogens (tertiary/aromatic N) is 2. The number of ether oxygens (including phenoxy) is 1. The van der Waals surface area contributed by atoms with Gasteiger partial charge in [-0.25, -0.2) is 0 Å². The minimum atomic E-state index is 0.0242. The minimum Gasteiger partial charge on any atom is -0.469 e. The smallest absolute Gasteiger partial charge is 0.188 e. The molecule has 0 unspecified atom stereocenters. The molecule has 0 fully saturated rings. The molecule has 0 aliphatic carbocycles. The Hall–Kier alpha value is -2.29. The highest BCUT2D eigenvalue weighted by atomic mass is 16.5. The molecule has 0 radical (unpaired) electrons. The molecule has 0 amide bonds. The number of rotatable bonds is 3. The van der Waals surface area contributed by atoms with Crippen molar-refractivity contribution in [2.24, 2.45) is 11.0 Å². The predicted octanol–water partition coefficient (Wildman–Crippen LogP) is 4.60. The molecule has 0 aromatic heterocycles. The molecule has 0 N–H and O–H groups in total. The molecule has 118 valence electrons. The lowest BCUT2D eigenvalue weighted by Crippen LogP contribution is -2.41. The first kappa shape index (κ1) is 14.3. The van der Waals surface area contributed by atoms with Gasteiger partial charge in [-0.15, -0.1) is 0 Å². The molecular formula is C20H22N2O. The zero-order chi connectivity index (χ0) is 15.8. The van der Waals surface area contributed by atoms with Crippen LogP contribution in [0.1, 0.15) is 43.9 Å². The van der Waals surface area contributed by atoms with Crippen LogP contribution < -0.4 is 4.74 Å². The van der Waals surface area contributed by atoms with E-state index in [4.69, 9.17) is 9.84 Å². The predicted molar refractivity (Wildman–Crippen MR) is 92.5 cm³/mol. The second kappa shape index (κ2) is 5.73. The van der Waals surface area contributed by atoms with Gasteiger partial charge in [-0.1, -0.05) is 62.4 Å². The van der Waals surface area contributed by atoms with Crippen LogP contribution in [0, 0.1) is 5.92 Å². The Kier molecular flexibility index (Phi) is 3.56. The highest BCUT2D eigenvalue weighted by Gasteiger charge is 2.40. The topological polar surface area (TPSA) is 24.8 Å². The SMILES string of the molecule is CC(C)C[C@@H]1Oc2ccccc2[C@H]2CC(c3ccccc3)=NN12. The van der Waals surface area contributed by atoms with E-state index in [1.807, 2.05) is 6.07 Å². The average molecular weight is 306 g/mol. The third-order valence-corrected chi connectivity index (χ3v) is 4.56. The number of hydrogen-bond acceptors (Lipinski definition) is 3. The molecule has 0 spiro atoms. The van der Waals surface area contributed by atoms with Gasteiger partial charge in [0.05, 0.1) is 11.8 Å². The van der Waals surface area contributed by atoms with E-state index in [9.17, 15) is 0 Å². The zero-order valence-corrected chi connectivity index (χ0v) is 13.6. The molecule has 2 aromatic carbocycles. The van der Waals surface area contributed by atoms with Crippen molar-refractivity contribution in [2.45, 2.75) is 39.0 Å². The van der Waals surface area contributed by atoms with Crippen LogP contribution in [0.25, 0.3) is 0 Å². The normalized spacial score (nSPS) is 22.4. The number of benzene rings is 2. The van der Waals surface area contributed by atoms with Crippen LogP contribution in [0.2, 0.25) is 0 Å². The van der Waals surface area contributed by atoms with Gasteiger partial charge in [-0.3, -0.25) is 5.01 Å². The van der Waals surface area contributed by atoms with E-state index in [0.29, 0.717) is 12.0 Å². The summed E-state index contributed by atoms with van der Waals surface area (Å²) in [5.74, 6) is 1.59. The molecule has 2 aliphatic heterocycles. The Morgan fingerprint density at radius 1 is 1.09 bits per heavy atom. The van der Waals surface area contributed by atoms with Crippen molar-refractivity contribution in [3.05, 3.63) is 65.7 Å². The first-order valence-electron chi connectivity index (χ1n) is 8.39. The Labute approximate surface area is 137 Å². The lowest BCUT2D eigenvalue weighted by Gasteiger charge is -2.38. The van der Waals surface area contributed by atoms with Gasteiger partial charge < -0.3 is 4.74 Å². The van der Waals surface area contributed by atoms with Crippen molar-refractivity contribution in [1.82, 2.24) is 5.01 Å². The van der Waals surface area contributed by atoms with Gasteiger partial charge in [0.15, 0.2) is 6.23 Å². The molecule has 2 heterocycles. The fraction of sp³-hybridized carbons (Fsp3) is 0.350. The first-order chi connectivity index (χ1) is 11.2. The summed E-state index contributed by atoms with van der Waals surface area (Å²) in [5.41, 5.74) is 3.62. The van der Waals surface area contributed by atoms with E-state index in [1.165, 1.54) is 11.1 Å². The number of para-hydroxylation sites is 1. The van der Waals surface area contributed by atoms with Gasteiger partial charge in [0.1, 0.15) is 5.75 Å². The van der Waals surface area contributed by atoms with Gasteiger partial charge in [0.2, 0.25) is 0 Å². The second-order valence-corrected chi connectivity index (χ2v) is 6.75. The molecule has 3 nitrogen and oxygen atoms in total. The van der Waals surface area contributed by atoms with Crippen LogP contribution in [0.3, 0.4) is 0 Å². The van der Waals surface area contributed by atoms with E-state index >= 15 is 0 Å². The Balaban J connectivity index is 1.72. The van der Waals surface area contributed by atoms with Gasteiger partial charge in [0, 0.05) is 18.4 Å². The van der Waals surface area contributed by atoms with Crippen molar-refractivity contribution in [1.29, 1.82) is 0 Å². The summed E-state index contributed by atoms with van der Waals surface area (Å²) in [6, 6.07) is 19.2. The van der Waals surface area contributed by atoms with Gasteiger partial charge in [-0.2, -0.15) is 5.10 Å². The number of hydrazone groups is 1. The van der Waals surface area contributed by atoms with E-state index < -0.39 is 0 Å². The minimum absolute atomic E-state index is 0.0242. The summed E-state index contributed by atoms with van der Waals surface area (Å²) in [7, 11) is 0. The second-order valence-electron chi connectivity index (χ2n) is 6.75. The van der Waals surface area contributed by atoms with Gasteiger partial charge >= 0.3 is 0 Å². The highest BCUT2D eigenvalue weighted by molar-refractivity contribution is 6.01. The molecule has 23 heavy (non-hydrogen) atoms. The molecule has 2 aliphatic rings. The fourth-order valence-corrected chi connectivity index (χ4v) is 3.47. The summed E-state index contributed by atoms with van der Waals surface area (Å²) in [6.45, 7) is 4.47. The lowest BCUT2D eigenvalue weighted by atomic mass is 9.96. The van der Waals surface area contributed by atoms with E-state index in [-0.39, 0.29) is 6.23 Å². The van der Waals surface area contributed by atoms with E-state index in [2.05, 4.69) is 67.4 Å². The first-order valence-corrected chi connectivity index (χ1v) is 8.39. The van der Waals surface area contributed by atoms with E-state index in [0.717, 1.165) is 24.3 Å². The summed E-state index contributed by atoms with van der Waals surface area (Å²) in [5, 5.41) is 7.12. The van der Waals surface area contributed by atoms with Crippen LogP contribution in [-0.2, 0) is 0 Å². The van der Waals surface area contributed by atoms with Crippen LogP contribution in [0.5, 0.6) is 5.75 Å². The molecule has 3 heteroatoms. The molecule has 0 saturated heterocycles. The molecule has 4 rings (SSSR count). The molecular weight excluding hydrogens is 284 g/mol. The van der Waals surface area contributed by atoms with Crippen LogP contribution in [0.4, 0.5) is 0 Å². The zero-order valence-electron chi connectivity index (χ0n) is 13.6. The maximum atomic E-state index is 6.26. The molecule has 0 saturated carbocycles. The standard InChI is InChI=1S/C20H22N2O/c1-14(2)12-20-22-18(16-10-6-7-11-19(16)23-20)13-17(21-22)15-8-4-3-5-9-15/h3-11,14,18,20H,12-13H2,1-2H3/t18-,20+/m1/s1. The maximum Gasteiger partial charge on any atom is 0.188 e. The van der Waals surface area contributed by atoms with Crippen molar-refractivity contribution in [3.8, 4) is 5.75 Å². The highest BCUT2D eigenvalue weighted by Crippen LogP contribution is 2.43. The Morgan fingerprint density at radius 3 is 2.61 bits per heavy atom. The fourth-order valence-electron chi connectivity index (χ4n) is 3.47. The largest absolute Gasteiger partial charge is 0.469 e. The summed E-state index contributed by atoms with van der Waals surface area (Å²) < 4.78 is 6.26. The molecule has 2 aromatic rings. The van der Waals surface area contributed by atoms with Gasteiger partial charge in [0.25, 0.3) is 0 Å². The van der Waals surface area contributed by atoms with E-state index in [1.54, 1.807) is 0 Å². The van der Waals surface area contributed by atoms with Crippen molar-refractivity contribution < 1.29 is 4.74 Å². The van der Waals surface area contributed by atoms with Crippen LogP contribution in [0.15, 0.2) is 59.7 Å². The third kappa shape index (κ3) is 2.61. The van der Waals surface area contributed by atoms with Crippen molar-refractivity contribution in [2.75, 3.05) is 0 Å². The Bertz CT molecular complexity index is 723. The van der Waals surface area contributed by atoms with Crippen molar-refractivity contribution >= 4 is 5.71 Å². The van der Waals surface area contributed by atoms with Gasteiger partial charge in [-0.05, 0) is 17.5 Å². The molecule has 0 bridgehead atoms. The monoisotopic (exact) mass is 306 g/mol. The number of fused-ring (bicyclic) bond motifs is 3.